The number of nitrogens with zero attached hydrogens (tertiary/aromatic N) is 2. The molecule has 0 bridgehead atoms. The number of nitrogens with one attached hydrogen (secondary N) is 1. The second-order valence-corrected chi connectivity index (χ2v) is 6.74. The zero-order valence-electron chi connectivity index (χ0n) is 17.2. The molecule has 0 atom stereocenters. The lowest BCUT2D eigenvalue weighted by Crippen LogP contribution is -2.17. The van der Waals surface area contributed by atoms with Crippen molar-refractivity contribution in [1.82, 2.24) is 5.43 Å². The minimum absolute atomic E-state index is 0.291. The first kappa shape index (κ1) is 21.6. The molecule has 0 fully saturated rings. The van der Waals surface area contributed by atoms with Crippen LogP contribution in [-0.2, 0) is 6.61 Å². The minimum atomic E-state index is -0.291. The highest BCUT2D eigenvalue weighted by Crippen LogP contribution is 2.14. The van der Waals surface area contributed by atoms with E-state index in [0.29, 0.717) is 24.3 Å². The monoisotopic (exact) mass is 413 g/mol. The summed E-state index contributed by atoms with van der Waals surface area (Å²) in [4.78, 5) is 12.2. The summed E-state index contributed by atoms with van der Waals surface area (Å²) in [6.07, 6.45) is 2.50. The molecule has 0 spiro atoms. The number of amides is 1. The Morgan fingerprint density at radius 2 is 1.61 bits per heavy atom. The third kappa shape index (κ3) is 6.72. The van der Waals surface area contributed by atoms with Crippen molar-refractivity contribution >= 4 is 12.1 Å². The van der Waals surface area contributed by atoms with E-state index in [1.807, 2.05) is 43.3 Å². The maximum atomic E-state index is 12.2. The quantitative estimate of drug-likeness (QED) is 0.407. The van der Waals surface area contributed by atoms with Crippen molar-refractivity contribution in [2.75, 3.05) is 6.61 Å². The van der Waals surface area contributed by atoms with Gasteiger partial charge in [0.05, 0.1) is 24.5 Å². The number of rotatable bonds is 9. The molecule has 3 aromatic rings. The third-order valence-electron chi connectivity index (χ3n) is 4.34. The van der Waals surface area contributed by atoms with Crippen LogP contribution in [0, 0.1) is 11.3 Å². The molecule has 0 aromatic heterocycles. The maximum absolute atomic E-state index is 12.2. The second kappa shape index (κ2) is 11.2. The average Bonchev–Trinajstić information content (AvgIpc) is 2.83. The first-order valence-corrected chi connectivity index (χ1v) is 9.96. The summed E-state index contributed by atoms with van der Waals surface area (Å²) in [7, 11) is 0. The number of ether oxygens (including phenoxy) is 2. The predicted octanol–water partition coefficient (Wildman–Crippen LogP) is 4.69. The summed E-state index contributed by atoms with van der Waals surface area (Å²) in [5.74, 6) is 1.17. The van der Waals surface area contributed by atoms with Gasteiger partial charge in [-0.05, 0) is 78.2 Å². The molecule has 0 radical (unpaired) electrons. The Morgan fingerprint density at radius 3 is 2.26 bits per heavy atom. The van der Waals surface area contributed by atoms with Crippen LogP contribution in [0.25, 0.3) is 0 Å². The SMILES string of the molecule is CCCOc1ccc(C(=O)N/N=C/c2ccc(OCc3ccc(C#N)cc3)cc2)cc1. The van der Waals surface area contributed by atoms with Gasteiger partial charge in [-0.25, -0.2) is 5.43 Å². The fourth-order valence-corrected chi connectivity index (χ4v) is 2.64. The highest BCUT2D eigenvalue weighted by atomic mass is 16.5. The van der Waals surface area contributed by atoms with Crippen molar-refractivity contribution in [3.63, 3.8) is 0 Å². The summed E-state index contributed by atoms with van der Waals surface area (Å²) in [6.45, 7) is 3.10. The first-order chi connectivity index (χ1) is 15.2. The van der Waals surface area contributed by atoms with Crippen molar-refractivity contribution in [2.45, 2.75) is 20.0 Å². The van der Waals surface area contributed by atoms with E-state index in [-0.39, 0.29) is 5.91 Å². The van der Waals surface area contributed by atoms with Gasteiger partial charge in [0.1, 0.15) is 18.1 Å². The van der Waals surface area contributed by atoms with Crippen molar-refractivity contribution in [2.24, 2.45) is 5.10 Å². The number of hydrogen-bond donors (Lipinski definition) is 1. The summed E-state index contributed by atoms with van der Waals surface area (Å²) in [5, 5.41) is 12.8. The van der Waals surface area contributed by atoms with Crippen LogP contribution in [0.5, 0.6) is 11.5 Å². The first-order valence-electron chi connectivity index (χ1n) is 9.96. The van der Waals surface area contributed by atoms with Crippen LogP contribution >= 0.6 is 0 Å². The smallest absolute Gasteiger partial charge is 0.271 e. The average molecular weight is 413 g/mol. The van der Waals surface area contributed by atoms with E-state index in [9.17, 15) is 4.79 Å². The molecule has 0 aliphatic heterocycles. The zero-order valence-corrected chi connectivity index (χ0v) is 17.2. The minimum Gasteiger partial charge on any atom is -0.494 e. The van der Waals surface area contributed by atoms with E-state index in [4.69, 9.17) is 14.7 Å². The van der Waals surface area contributed by atoms with Crippen LogP contribution in [0.2, 0.25) is 0 Å². The number of hydrazone groups is 1. The second-order valence-electron chi connectivity index (χ2n) is 6.74. The van der Waals surface area contributed by atoms with E-state index >= 15 is 0 Å². The normalized spacial score (nSPS) is 10.5. The highest BCUT2D eigenvalue weighted by Gasteiger charge is 2.04. The van der Waals surface area contributed by atoms with Gasteiger partial charge in [0.15, 0.2) is 0 Å². The van der Waals surface area contributed by atoms with Crippen LogP contribution in [0.4, 0.5) is 0 Å². The molecule has 156 valence electrons. The molecule has 6 nitrogen and oxygen atoms in total. The topological polar surface area (TPSA) is 83.7 Å². The molecule has 6 heteroatoms. The van der Waals surface area contributed by atoms with Crippen LogP contribution < -0.4 is 14.9 Å². The Bertz CT molecular complexity index is 1050. The van der Waals surface area contributed by atoms with Crippen LogP contribution in [0.15, 0.2) is 77.9 Å². The lowest BCUT2D eigenvalue weighted by molar-refractivity contribution is 0.0955. The predicted molar refractivity (Wildman–Crippen MR) is 119 cm³/mol. The van der Waals surface area contributed by atoms with E-state index in [0.717, 1.165) is 29.0 Å². The lowest BCUT2D eigenvalue weighted by atomic mass is 10.1. The largest absolute Gasteiger partial charge is 0.494 e. The van der Waals surface area contributed by atoms with Gasteiger partial charge in [0, 0.05) is 5.56 Å². The van der Waals surface area contributed by atoms with Gasteiger partial charge in [-0.2, -0.15) is 10.4 Å². The lowest BCUT2D eigenvalue weighted by Gasteiger charge is -2.06. The molecule has 0 saturated heterocycles. The number of carbonyl (C=O) groups excluding carboxylic acids is 1. The Balaban J connectivity index is 1.47. The van der Waals surface area contributed by atoms with Gasteiger partial charge in [0.2, 0.25) is 0 Å². The number of benzene rings is 3. The van der Waals surface area contributed by atoms with E-state index in [2.05, 4.69) is 16.6 Å². The molecule has 0 heterocycles. The Labute approximate surface area is 181 Å². The number of carbonyl (C=O) groups is 1. The van der Waals surface area contributed by atoms with E-state index in [1.165, 1.54) is 0 Å². The fourth-order valence-electron chi connectivity index (χ4n) is 2.64. The summed E-state index contributed by atoms with van der Waals surface area (Å²) in [5.41, 5.74) is 5.46. The van der Waals surface area contributed by atoms with Crippen LogP contribution in [-0.4, -0.2) is 18.7 Å². The Kier molecular flexibility index (Phi) is 7.78. The molecule has 3 aromatic carbocycles. The van der Waals surface area contributed by atoms with E-state index in [1.54, 1.807) is 42.6 Å². The molecule has 1 amide bonds. The summed E-state index contributed by atoms with van der Waals surface area (Å²) in [6, 6.07) is 23.7. The maximum Gasteiger partial charge on any atom is 0.271 e. The van der Waals surface area contributed by atoms with Crippen LogP contribution in [0.3, 0.4) is 0 Å². The number of hydrogen-bond acceptors (Lipinski definition) is 5. The van der Waals surface area contributed by atoms with Crippen molar-refractivity contribution < 1.29 is 14.3 Å². The molecule has 0 aliphatic carbocycles. The molecule has 0 unspecified atom stereocenters. The standard InChI is InChI=1S/C25H23N3O3/c1-2-15-30-23-13-9-22(10-14-23)25(29)28-27-17-20-7-11-24(12-8-20)31-18-21-5-3-19(16-26)4-6-21/h3-14,17H,2,15,18H2,1H3,(H,28,29)/b27-17+. The van der Waals surface area contributed by atoms with Gasteiger partial charge in [-0.3, -0.25) is 4.79 Å². The van der Waals surface area contributed by atoms with Crippen molar-refractivity contribution in [3.8, 4) is 17.6 Å². The molecule has 31 heavy (non-hydrogen) atoms. The van der Waals surface area contributed by atoms with Gasteiger partial charge in [-0.15, -0.1) is 0 Å². The molecule has 0 saturated carbocycles. The molecular formula is C25H23N3O3. The molecule has 1 N–H and O–H groups in total. The zero-order chi connectivity index (χ0) is 21.9. The van der Waals surface area contributed by atoms with Gasteiger partial charge in [-0.1, -0.05) is 19.1 Å². The van der Waals surface area contributed by atoms with Gasteiger partial charge < -0.3 is 9.47 Å². The molecular weight excluding hydrogens is 390 g/mol. The van der Waals surface area contributed by atoms with Crippen molar-refractivity contribution in [3.05, 3.63) is 95.1 Å². The third-order valence-corrected chi connectivity index (χ3v) is 4.34. The molecule has 3 rings (SSSR count). The van der Waals surface area contributed by atoms with Gasteiger partial charge in [0.25, 0.3) is 5.91 Å². The van der Waals surface area contributed by atoms with E-state index < -0.39 is 0 Å². The van der Waals surface area contributed by atoms with Gasteiger partial charge >= 0.3 is 0 Å². The highest BCUT2D eigenvalue weighted by molar-refractivity contribution is 5.95. The summed E-state index contributed by atoms with van der Waals surface area (Å²) >= 11 is 0. The fraction of sp³-hybridized carbons (Fsp3) is 0.160. The Morgan fingerprint density at radius 1 is 0.968 bits per heavy atom. The van der Waals surface area contributed by atoms with Crippen LogP contribution in [0.1, 0.15) is 40.4 Å². The Hall–Kier alpha value is -4.11. The van der Waals surface area contributed by atoms with Crippen molar-refractivity contribution in [1.29, 1.82) is 5.26 Å². The molecule has 0 aliphatic rings. The number of nitriles is 1. The summed E-state index contributed by atoms with van der Waals surface area (Å²) < 4.78 is 11.3.